The first-order valence-electron chi connectivity index (χ1n) is 6.32. The fourth-order valence-corrected chi connectivity index (χ4v) is 2.20. The lowest BCUT2D eigenvalue weighted by Gasteiger charge is -2.19. The smallest absolute Gasteiger partial charge is 0.166 e. The summed E-state index contributed by atoms with van der Waals surface area (Å²) in [6.07, 6.45) is -0.252. The second-order valence-corrected chi connectivity index (χ2v) is 4.29. The first-order chi connectivity index (χ1) is 8.28. The third kappa shape index (κ3) is 9.85. The third-order valence-electron chi connectivity index (χ3n) is 1.92. The molecule has 0 atom stereocenters. The maximum atomic E-state index is 5.46. The van der Waals surface area contributed by atoms with Gasteiger partial charge in [-0.25, -0.2) is 0 Å². The lowest BCUT2D eigenvalue weighted by atomic mass is 10.7. The largest absolute Gasteiger partial charge is 0.352 e. The van der Waals surface area contributed by atoms with Crippen LogP contribution in [0.3, 0.4) is 0 Å². The normalized spacial score (nSPS) is 11.6. The Morgan fingerprint density at radius 3 is 1.18 bits per heavy atom. The minimum Gasteiger partial charge on any atom is -0.352 e. The Labute approximate surface area is 109 Å². The fraction of sp³-hybridized carbons (Fsp3) is 1.00. The second kappa shape index (κ2) is 12.6. The van der Waals surface area contributed by atoms with Crippen molar-refractivity contribution in [3.8, 4) is 0 Å². The molecule has 0 aliphatic rings. The molecule has 0 amide bonds. The van der Waals surface area contributed by atoms with Gasteiger partial charge in [0.25, 0.3) is 0 Å². The highest BCUT2D eigenvalue weighted by molar-refractivity contribution is 7.99. The van der Waals surface area contributed by atoms with Gasteiger partial charge in [0.1, 0.15) is 0 Å². The molecule has 0 spiro atoms. The molecule has 0 fully saturated rings. The molecular weight excluding hydrogens is 240 g/mol. The average molecular weight is 266 g/mol. The van der Waals surface area contributed by atoms with E-state index in [2.05, 4.69) is 0 Å². The molecule has 0 bridgehead atoms. The molecule has 0 aromatic rings. The van der Waals surface area contributed by atoms with Crippen molar-refractivity contribution >= 4 is 11.8 Å². The average Bonchev–Trinajstić information content (AvgIpc) is 2.30. The third-order valence-corrected chi connectivity index (χ3v) is 2.93. The monoisotopic (exact) mass is 266 g/mol. The van der Waals surface area contributed by atoms with E-state index in [0.717, 1.165) is 11.5 Å². The Balaban J connectivity index is 3.73. The molecule has 0 N–H and O–H groups in total. The first-order valence-corrected chi connectivity index (χ1v) is 7.47. The first kappa shape index (κ1) is 17.2. The Kier molecular flexibility index (Phi) is 12.8. The summed E-state index contributed by atoms with van der Waals surface area (Å²) in [5.74, 6) is 1.61. The summed E-state index contributed by atoms with van der Waals surface area (Å²) in [6, 6.07) is 0. The van der Waals surface area contributed by atoms with Crippen LogP contribution < -0.4 is 0 Å². The molecular formula is C12H26O4S. The van der Waals surface area contributed by atoms with Crippen molar-refractivity contribution in [3.63, 3.8) is 0 Å². The quantitative estimate of drug-likeness (QED) is 0.507. The van der Waals surface area contributed by atoms with Crippen LogP contribution in [-0.4, -0.2) is 50.5 Å². The van der Waals surface area contributed by atoms with Crippen molar-refractivity contribution in [2.24, 2.45) is 0 Å². The van der Waals surface area contributed by atoms with Crippen molar-refractivity contribution in [1.29, 1.82) is 0 Å². The zero-order valence-corrected chi connectivity index (χ0v) is 12.3. The predicted octanol–water partition coefficient (Wildman–Crippen LogP) is 2.52. The van der Waals surface area contributed by atoms with Gasteiger partial charge < -0.3 is 18.9 Å². The minimum absolute atomic E-state index is 0.126. The van der Waals surface area contributed by atoms with Crippen LogP contribution >= 0.6 is 11.8 Å². The molecule has 0 aromatic carbocycles. The zero-order valence-electron chi connectivity index (χ0n) is 11.4. The van der Waals surface area contributed by atoms with Crippen LogP contribution in [0.4, 0.5) is 0 Å². The number of thioether (sulfide) groups is 1. The number of hydrogen-bond donors (Lipinski definition) is 0. The maximum Gasteiger partial charge on any atom is 0.166 e. The molecule has 17 heavy (non-hydrogen) atoms. The van der Waals surface area contributed by atoms with E-state index in [4.69, 9.17) is 18.9 Å². The lowest BCUT2D eigenvalue weighted by molar-refractivity contribution is -0.123. The highest BCUT2D eigenvalue weighted by Crippen LogP contribution is 2.11. The minimum atomic E-state index is -0.126. The van der Waals surface area contributed by atoms with E-state index in [1.165, 1.54) is 0 Å². The van der Waals surface area contributed by atoms with Crippen LogP contribution in [0, 0.1) is 0 Å². The van der Waals surface area contributed by atoms with Gasteiger partial charge in [-0.3, -0.25) is 0 Å². The topological polar surface area (TPSA) is 36.9 Å². The van der Waals surface area contributed by atoms with E-state index in [1.54, 1.807) is 11.8 Å². The van der Waals surface area contributed by atoms with E-state index in [-0.39, 0.29) is 12.6 Å². The maximum absolute atomic E-state index is 5.46. The van der Waals surface area contributed by atoms with Crippen molar-refractivity contribution < 1.29 is 18.9 Å². The summed E-state index contributed by atoms with van der Waals surface area (Å²) >= 11 is 1.73. The van der Waals surface area contributed by atoms with Crippen molar-refractivity contribution in [3.05, 3.63) is 0 Å². The van der Waals surface area contributed by atoms with E-state index in [0.29, 0.717) is 26.4 Å². The lowest BCUT2D eigenvalue weighted by Crippen LogP contribution is -2.24. The fourth-order valence-electron chi connectivity index (χ4n) is 1.29. The van der Waals surface area contributed by atoms with Crippen LogP contribution in [0.15, 0.2) is 0 Å². The number of ether oxygens (including phenoxy) is 4. The summed E-state index contributed by atoms with van der Waals surface area (Å²) in [5.41, 5.74) is 0. The van der Waals surface area contributed by atoms with Gasteiger partial charge in [-0.2, -0.15) is 11.8 Å². The van der Waals surface area contributed by atoms with E-state index < -0.39 is 0 Å². The molecule has 0 radical (unpaired) electrons. The van der Waals surface area contributed by atoms with E-state index in [1.807, 2.05) is 27.7 Å². The molecule has 4 nitrogen and oxygen atoms in total. The SMILES string of the molecule is CCOC(CSCC(OCC)OCC)OCC. The molecule has 0 aromatic heterocycles. The summed E-state index contributed by atoms with van der Waals surface area (Å²) < 4.78 is 21.8. The Bertz CT molecular complexity index is 129. The van der Waals surface area contributed by atoms with Crippen LogP contribution in [0.2, 0.25) is 0 Å². The van der Waals surface area contributed by atoms with Crippen LogP contribution in [0.1, 0.15) is 27.7 Å². The van der Waals surface area contributed by atoms with Gasteiger partial charge in [-0.1, -0.05) is 0 Å². The number of hydrogen-bond acceptors (Lipinski definition) is 5. The molecule has 0 aliphatic heterocycles. The number of rotatable bonds is 12. The Morgan fingerprint density at radius 2 is 0.941 bits per heavy atom. The summed E-state index contributed by atoms with van der Waals surface area (Å²) in [5, 5.41) is 0. The van der Waals surface area contributed by atoms with Gasteiger partial charge in [0.2, 0.25) is 0 Å². The summed E-state index contributed by atoms with van der Waals surface area (Å²) in [4.78, 5) is 0. The van der Waals surface area contributed by atoms with E-state index >= 15 is 0 Å². The standard InChI is InChI=1S/C12H26O4S/c1-5-13-11(14-6-2)9-17-10-12(15-7-3)16-8-4/h11-12H,5-10H2,1-4H3. The highest BCUT2D eigenvalue weighted by Gasteiger charge is 2.12. The van der Waals surface area contributed by atoms with Crippen LogP contribution in [0.25, 0.3) is 0 Å². The van der Waals surface area contributed by atoms with Crippen LogP contribution in [-0.2, 0) is 18.9 Å². The Morgan fingerprint density at radius 1 is 0.647 bits per heavy atom. The van der Waals surface area contributed by atoms with Crippen molar-refractivity contribution in [1.82, 2.24) is 0 Å². The van der Waals surface area contributed by atoms with Gasteiger partial charge >= 0.3 is 0 Å². The summed E-state index contributed by atoms with van der Waals surface area (Å²) in [6.45, 7) is 10.6. The van der Waals surface area contributed by atoms with Crippen molar-refractivity contribution in [2.45, 2.75) is 40.3 Å². The molecule has 0 heterocycles. The molecule has 0 saturated heterocycles. The van der Waals surface area contributed by atoms with Crippen molar-refractivity contribution in [2.75, 3.05) is 37.9 Å². The zero-order chi connectivity index (χ0) is 12.9. The molecule has 0 rings (SSSR count). The molecule has 0 aliphatic carbocycles. The second-order valence-electron chi connectivity index (χ2n) is 3.22. The molecule has 0 saturated carbocycles. The summed E-state index contributed by atoms with van der Waals surface area (Å²) in [7, 11) is 0. The predicted molar refractivity (Wildman–Crippen MR) is 71.4 cm³/mol. The Hall–Kier alpha value is 0.190. The van der Waals surface area contributed by atoms with Crippen LogP contribution in [0.5, 0.6) is 0 Å². The van der Waals surface area contributed by atoms with Gasteiger partial charge in [0.05, 0.1) is 0 Å². The molecule has 0 unspecified atom stereocenters. The van der Waals surface area contributed by atoms with Gasteiger partial charge in [0, 0.05) is 37.9 Å². The van der Waals surface area contributed by atoms with Gasteiger partial charge in [-0.15, -0.1) is 0 Å². The van der Waals surface area contributed by atoms with Gasteiger partial charge in [0.15, 0.2) is 12.6 Å². The van der Waals surface area contributed by atoms with E-state index in [9.17, 15) is 0 Å². The molecule has 5 heteroatoms. The highest BCUT2D eigenvalue weighted by atomic mass is 32.2. The molecule has 104 valence electrons. The van der Waals surface area contributed by atoms with Gasteiger partial charge in [-0.05, 0) is 27.7 Å².